The Kier molecular flexibility index (Phi) is 10.0. The van der Waals surface area contributed by atoms with E-state index in [-0.39, 0.29) is 53.7 Å². The molecule has 3 amide bonds. The van der Waals surface area contributed by atoms with Crippen LogP contribution in [0.1, 0.15) is 81.7 Å². The fraction of sp³-hybridized carbons (Fsp3) is 0.438. The summed E-state index contributed by atoms with van der Waals surface area (Å²) in [7, 11) is 1.29. The van der Waals surface area contributed by atoms with Gasteiger partial charge in [-0.2, -0.15) is 0 Å². The van der Waals surface area contributed by atoms with Crippen LogP contribution in [0.5, 0.6) is 17.2 Å². The number of ketones is 3. The van der Waals surface area contributed by atoms with Crippen LogP contribution in [0.2, 0.25) is 0 Å². The number of hydrogen-bond acceptors (Lipinski definition) is 14. The first-order chi connectivity index (χ1) is 23.3. The van der Waals surface area contributed by atoms with Gasteiger partial charge in [0.25, 0.3) is 0 Å². The number of aromatic hydroxyl groups is 2. The van der Waals surface area contributed by atoms with Crippen molar-refractivity contribution in [3.8, 4) is 17.2 Å². The van der Waals surface area contributed by atoms with E-state index in [1.165, 1.54) is 32.2 Å². The number of carbonyl (C=O) groups excluding carboxylic acids is 6. The number of hydrazine groups is 1. The number of aliphatic hydroxyl groups excluding tert-OH is 2. The summed E-state index contributed by atoms with van der Waals surface area (Å²) in [6.45, 7) is 0.383. The molecule has 2 aliphatic carbocycles. The van der Waals surface area contributed by atoms with Crippen molar-refractivity contribution in [3.63, 3.8) is 0 Å². The molecular weight excluding hydrogens is 650 g/mol. The Morgan fingerprint density at radius 3 is 2.43 bits per heavy atom. The molecule has 8 N–H and O–H groups in total. The molecular formula is C32H35N3O14. The number of Topliss-reactive ketones (excluding diaryl/α,β-unsaturated/α-hetero) is 1. The zero-order valence-corrected chi connectivity index (χ0v) is 26.3. The Hall–Kier alpha value is -4.94. The van der Waals surface area contributed by atoms with E-state index in [4.69, 9.17) is 14.2 Å². The summed E-state index contributed by atoms with van der Waals surface area (Å²) in [5.41, 5.74) is -0.184. The Bertz CT molecular complexity index is 1730. The third-order valence-corrected chi connectivity index (χ3v) is 8.96. The molecule has 0 radical (unpaired) electrons. The van der Waals surface area contributed by atoms with E-state index in [1.807, 2.05) is 5.43 Å². The lowest BCUT2D eigenvalue weighted by atomic mass is 9.72. The predicted molar refractivity (Wildman–Crippen MR) is 162 cm³/mol. The Morgan fingerprint density at radius 2 is 1.76 bits per heavy atom. The largest absolute Gasteiger partial charge is 0.507 e. The molecule has 0 aromatic heterocycles. The van der Waals surface area contributed by atoms with Crippen molar-refractivity contribution < 1.29 is 68.5 Å². The first-order valence-electron chi connectivity index (χ1n) is 15.3. The number of rotatable bonds is 11. The van der Waals surface area contributed by atoms with E-state index < -0.39 is 107 Å². The second-order valence-electron chi connectivity index (χ2n) is 12.0. The number of phenols is 2. The molecule has 1 saturated heterocycles. The van der Waals surface area contributed by atoms with Gasteiger partial charge in [-0.05, 0) is 13.0 Å². The van der Waals surface area contributed by atoms with Crippen molar-refractivity contribution in [2.45, 2.75) is 75.3 Å². The molecule has 49 heavy (non-hydrogen) atoms. The number of methoxy groups -OCH3 is 1. The summed E-state index contributed by atoms with van der Waals surface area (Å²) in [4.78, 5) is 75.0. The van der Waals surface area contributed by atoms with Crippen LogP contribution in [-0.4, -0.2) is 105 Å². The van der Waals surface area contributed by atoms with Gasteiger partial charge in [0.15, 0.2) is 17.9 Å². The third kappa shape index (κ3) is 6.45. The van der Waals surface area contributed by atoms with Gasteiger partial charge in [0.2, 0.25) is 24.0 Å². The normalized spacial score (nSPS) is 25.7. The standard InChI is InChI=1S/C32H35N3O14/c1-13-27(41)16(34-20(39)6-7-21(40)35-33-12-37)8-22(48-13)49-18-10-32(46,19(38)11-36)9-15-24(18)31(45)26-25(29(15)43)28(42)14-4-3-5-17(47-2)23(14)30(26)44/h3-5,12-13,16,18,22,27,36,41,43,45-46H,6-11H2,1-2H3,(H,33,37)(H,34,39)(H,35,40)/t13-,16-,18-,22-,27+,32-/m0/s1. The van der Waals surface area contributed by atoms with Gasteiger partial charge in [-0.1, -0.05) is 12.1 Å². The van der Waals surface area contributed by atoms with E-state index in [0.717, 1.165) is 0 Å². The maximum Gasteiger partial charge on any atom is 0.238 e. The summed E-state index contributed by atoms with van der Waals surface area (Å²) in [5.74, 6) is -5.47. The topological polar surface area (TPSA) is 267 Å². The molecule has 0 bridgehead atoms. The fourth-order valence-corrected chi connectivity index (χ4v) is 6.54. The lowest BCUT2D eigenvalue weighted by Gasteiger charge is -2.43. The quantitative estimate of drug-likeness (QED) is 0.0664. The number of carbonyl (C=O) groups is 6. The Balaban J connectivity index is 1.49. The zero-order valence-electron chi connectivity index (χ0n) is 26.3. The third-order valence-electron chi connectivity index (χ3n) is 8.96. The average Bonchev–Trinajstić information content (AvgIpc) is 3.07. The number of aliphatic hydroxyl groups is 3. The monoisotopic (exact) mass is 685 g/mol. The van der Waals surface area contributed by atoms with E-state index in [9.17, 15) is 54.3 Å². The smallest absolute Gasteiger partial charge is 0.238 e. The Labute approximate surface area is 278 Å². The van der Waals surface area contributed by atoms with Gasteiger partial charge in [0.05, 0.1) is 42.0 Å². The van der Waals surface area contributed by atoms with E-state index in [0.29, 0.717) is 0 Å². The molecule has 5 rings (SSSR count). The highest BCUT2D eigenvalue weighted by Gasteiger charge is 2.50. The molecule has 2 aromatic rings. The minimum absolute atomic E-state index is 0.0447. The zero-order chi connectivity index (χ0) is 35.8. The lowest BCUT2D eigenvalue weighted by molar-refractivity contribution is -0.249. The number of benzene rings is 2. The van der Waals surface area contributed by atoms with Crippen LogP contribution in [0.15, 0.2) is 18.2 Å². The average molecular weight is 686 g/mol. The second-order valence-corrected chi connectivity index (χ2v) is 12.0. The SMILES string of the molecule is COc1cccc2c1C(=O)c1c(O)c3c(c(O)c1C2=O)C[C@@](O)(C(=O)CO)C[C@@H]3O[C@H]1C[C@H](NC(=O)CCC(=O)NNC=O)[C@H](O)[C@H](C)O1. The van der Waals surface area contributed by atoms with Crippen LogP contribution in [-0.2, 0) is 35.1 Å². The van der Waals surface area contributed by atoms with Gasteiger partial charge >= 0.3 is 0 Å². The molecule has 0 spiro atoms. The van der Waals surface area contributed by atoms with E-state index in [1.54, 1.807) is 0 Å². The number of ether oxygens (including phenoxy) is 3. The van der Waals surface area contributed by atoms with Crippen LogP contribution in [0.4, 0.5) is 0 Å². The molecule has 6 atom stereocenters. The first kappa shape index (κ1) is 35.4. The lowest BCUT2D eigenvalue weighted by Crippen LogP contribution is -2.56. The van der Waals surface area contributed by atoms with Crippen molar-refractivity contribution in [1.82, 2.24) is 16.2 Å². The second kappa shape index (κ2) is 13.9. The van der Waals surface area contributed by atoms with Gasteiger partial charge in [0, 0.05) is 48.8 Å². The minimum Gasteiger partial charge on any atom is -0.507 e. The summed E-state index contributed by atoms with van der Waals surface area (Å²) < 4.78 is 17.2. The molecule has 1 heterocycles. The molecule has 17 heteroatoms. The van der Waals surface area contributed by atoms with Crippen LogP contribution >= 0.6 is 0 Å². The molecule has 0 saturated carbocycles. The predicted octanol–water partition coefficient (Wildman–Crippen LogP) is -1.28. The van der Waals surface area contributed by atoms with Gasteiger partial charge in [-0.15, -0.1) is 0 Å². The Morgan fingerprint density at radius 1 is 1.06 bits per heavy atom. The van der Waals surface area contributed by atoms with Gasteiger partial charge in [-0.3, -0.25) is 39.6 Å². The fourth-order valence-electron chi connectivity index (χ4n) is 6.54. The number of fused-ring (bicyclic) bond motifs is 3. The minimum atomic E-state index is -2.36. The van der Waals surface area contributed by atoms with Crippen LogP contribution < -0.4 is 20.9 Å². The van der Waals surface area contributed by atoms with Crippen molar-refractivity contribution in [2.75, 3.05) is 13.7 Å². The van der Waals surface area contributed by atoms with Crippen molar-refractivity contribution >= 4 is 35.6 Å². The van der Waals surface area contributed by atoms with E-state index >= 15 is 0 Å². The maximum atomic E-state index is 13.8. The highest BCUT2D eigenvalue weighted by atomic mass is 16.7. The van der Waals surface area contributed by atoms with Gasteiger partial charge in [-0.25, -0.2) is 0 Å². The molecule has 2 aromatic carbocycles. The van der Waals surface area contributed by atoms with Crippen molar-refractivity contribution in [3.05, 3.63) is 51.6 Å². The summed E-state index contributed by atoms with van der Waals surface area (Å²) in [6, 6.07) is 3.27. The highest BCUT2D eigenvalue weighted by molar-refractivity contribution is 6.31. The highest BCUT2D eigenvalue weighted by Crippen LogP contribution is 2.52. The van der Waals surface area contributed by atoms with Crippen LogP contribution in [0, 0.1) is 0 Å². The molecule has 0 unspecified atom stereocenters. The maximum absolute atomic E-state index is 13.8. The van der Waals surface area contributed by atoms with Crippen molar-refractivity contribution in [1.29, 1.82) is 0 Å². The number of nitrogens with one attached hydrogen (secondary N) is 3. The molecule has 1 aliphatic heterocycles. The summed E-state index contributed by atoms with van der Waals surface area (Å²) in [5, 5.41) is 57.6. The first-order valence-corrected chi connectivity index (χ1v) is 15.3. The number of hydrogen-bond donors (Lipinski definition) is 8. The molecule has 262 valence electrons. The molecule has 17 nitrogen and oxygen atoms in total. The summed E-state index contributed by atoms with van der Waals surface area (Å²) >= 11 is 0. The number of amides is 3. The number of phenolic OH excluding ortho intramolecular Hbond substituents is 2. The molecule has 3 aliphatic rings. The summed E-state index contributed by atoms with van der Waals surface area (Å²) in [6.07, 6.45) is -6.81. The van der Waals surface area contributed by atoms with E-state index in [2.05, 4.69) is 10.7 Å². The van der Waals surface area contributed by atoms with Gasteiger partial charge < -0.3 is 45.1 Å². The van der Waals surface area contributed by atoms with Crippen LogP contribution in [0.3, 0.4) is 0 Å². The van der Waals surface area contributed by atoms with Gasteiger partial charge in [0.1, 0.15) is 35.6 Å². The van der Waals surface area contributed by atoms with Crippen LogP contribution in [0.25, 0.3) is 0 Å². The molecule has 1 fully saturated rings. The van der Waals surface area contributed by atoms with Crippen molar-refractivity contribution in [2.24, 2.45) is 0 Å².